The summed E-state index contributed by atoms with van der Waals surface area (Å²) in [5.74, 6) is 2.37. The zero-order valence-corrected chi connectivity index (χ0v) is 18.4. The number of hydrogen-bond donors (Lipinski definition) is 0. The molecule has 0 aliphatic heterocycles. The normalized spacial score (nSPS) is 11.0. The standard InChI is InChI=1S/C21H19ClN4OS2/c1-14-4-3-5-18(10-14)26-15(2)24-25-21(26)29-13-17-12-28-20(23-17)11-27-19-8-6-16(22)7-9-19/h3-10,12H,11,13H2,1-2H3. The molecule has 2 aromatic carbocycles. The molecule has 8 heteroatoms. The van der Waals surface area contributed by atoms with Crippen molar-refractivity contribution in [3.05, 3.63) is 81.0 Å². The van der Waals surface area contributed by atoms with E-state index in [0.717, 1.165) is 38.9 Å². The lowest BCUT2D eigenvalue weighted by Crippen LogP contribution is -2.00. The first-order chi connectivity index (χ1) is 14.1. The van der Waals surface area contributed by atoms with Crippen LogP contribution in [0.2, 0.25) is 5.02 Å². The molecule has 0 saturated heterocycles. The molecule has 0 saturated carbocycles. The van der Waals surface area contributed by atoms with Gasteiger partial charge < -0.3 is 4.74 Å². The predicted octanol–water partition coefficient (Wildman–Crippen LogP) is 5.87. The maximum absolute atomic E-state index is 5.90. The number of rotatable bonds is 7. The quantitative estimate of drug-likeness (QED) is 0.335. The molecule has 0 bridgehead atoms. The summed E-state index contributed by atoms with van der Waals surface area (Å²) < 4.78 is 7.85. The third-order valence-electron chi connectivity index (χ3n) is 4.18. The molecule has 0 N–H and O–H groups in total. The van der Waals surface area contributed by atoms with Gasteiger partial charge in [-0.2, -0.15) is 0 Å². The number of halogens is 1. The van der Waals surface area contributed by atoms with E-state index < -0.39 is 0 Å². The molecule has 29 heavy (non-hydrogen) atoms. The van der Waals surface area contributed by atoms with Crippen molar-refractivity contribution in [2.24, 2.45) is 0 Å². The van der Waals surface area contributed by atoms with Gasteiger partial charge in [-0.25, -0.2) is 4.98 Å². The summed E-state index contributed by atoms with van der Waals surface area (Å²) in [5.41, 5.74) is 3.29. The largest absolute Gasteiger partial charge is 0.486 e. The number of nitrogens with zero attached hydrogens (tertiary/aromatic N) is 4. The van der Waals surface area contributed by atoms with Gasteiger partial charge in [-0.15, -0.1) is 21.5 Å². The Labute approximate surface area is 182 Å². The summed E-state index contributed by atoms with van der Waals surface area (Å²) in [6.07, 6.45) is 0. The maximum Gasteiger partial charge on any atom is 0.196 e. The Bertz CT molecular complexity index is 1110. The molecule has 2 heterocycles. The lowest BCUT2D eigenvalue weighted by atomic mass is 10.2. The van der Waals surface area contributed by atoms with Gasteiger partial charge in [0.05, 0.1) is 5.69 Å². The van der Waals surface area contributed by atoms with Crippen LogP contribution < -0.4 is 4.74 Å². The van der Waals surface area contributed by atoms with Crippen molar-refractivity contribution in [3.63, 3.8) is 0 Å². The van der Waals surface area contributed by atoms with Crippen LogP contribution >= 0.6 is 34.7 Å². The summed E-state index contributed by atoms with van der Waals surface area (Å²) in [5, 5.41) is 13.2. The van der Waals surface area contributed by atoms with E-state index in [-0.39, 0.29) is 0 Å². The first kappa shape index (κ1) is 19.9. The number of thioether (sulfide) groups is 1. The second-order valence-electron chi connectivity index (χ2n) is 6.47. The molecule has 0 aliphatic rings. The van der Waals surface area contributed by atoms with Crippen LogP contribution in [0.15, 0.2) is 59.1 Å². The minimum atomic E-state index is 0.440. The number of ether oxygens (including phenoxy) is 1. The molecule has 4 aromatic rings. The lowest BCUT2D eigenvalue weighted by Gasteiger charge is -2.08. The third-order valence-corrected chi connectivity index (χ3v) is 6.27. The van der Waals surface area contributed by atoms with Crippen LogP contribution in [-0.4, -0.2) is 19.7 Å². The second-order valence-corrected chi connectivity index (χ2v) is 8.79. The molecule has 5 nitrogen and oxygen atoms in total. The van der Waals surface area contributed by atoms with Crippen LogP contribution in [0.4, 0.5) is 0 Å². The van der Waals surface area contributed by atoms with Gasteiger partial charge in [0, 0.05) is 21.8 Å². The van der Waals surface area contributed by atoms with Crippen molar-refractivity contribution in [2.45, 2.75) is 31.4 Å². The van der Waals surface area contributed by atoms with Gasteiger partial charge in [0.2, 0.25) is 0 Å². The Balaban J connectivity index is 1.40. The third kappa shape index (κ3) is 4.98. The fourth-order valence-electron chi connectivity index (χ4n) is 2.80. The molecule has 0 aliphatic carbocycles. The molecule has 4 rings (SSSR count). The van der Waals surface area contributed by atoms with Crippen LogP contribution in [0.25, 0.3) is 5.69 Å². The van der Waals surface area contributed by atoms with E-state index in [2.05, 4.69) is 50.3 Å². The van der Waals surface area contributed by atoms with E-state index in [9.17, 15) is 0 Å². The van der Waals surface area contributed by atoms with Crippen molar-refractivity contribution in [3.8, 4) is 11.4 Å². The monoisotopic (exact) mass is 442 g/mol. The minimum Gasteiger partial charge on any atom is -0.486 e. The fourth-order valence-corrected chi connectivity index (χ4v) is 4.62. The Hall–Kier alpha value is -2.35. The highest BCUT2D eigenvalue weighted by molar-refractivity contribution is 7.98. The van der Waals surface area contributed by atoms with Gasteiger partial charge in [0.25, 0.3) is 0 Å². The first-order valence-electron chi connectivity index (χ1n) is 9.02. The van der Waals surface area contributed by atoms with Gasteiger partial charge in [0.1, 0.15) is 23.2 Å². The molecular formula is C21H19ClN4OS2. The number of hydrogen-bond acceptors (Lipinski definition) is 6. The van der Waals surface area contributed by atoms with Crippen molar-refractivity contribution in [2.75, 3.05) is 0 Å². The molecule has 0 spiro atoms. The topological polar surface area (TPSA) is 52.8 Å². The van der Waals surface area contributed by atoms with Crippen LogP contribution in [0, 0.1) is 13.8 Å². The van der Waals surface area contributed by atoms with Crippen LogP contribution in [0.1, 0.15) is 22.1 Å². The highest BCUT2D eigenvalue weighted by Crippen LogP contribution is 2.26. The summed E-state index contributed by atoms with van der Waals surface area (Å²) >= 11 is 9.12. The van der Waals surface area contributed by atoms with Gasteiger partial charge in [-0.1, -0.05) is 35.5 Å². The van der Waals surface area contributed by atoms with Crippen LogP contribution in [0.5, 0.6) is 5.75 Å². The number of aryl methyl sites for hydroxylation is 2. The molecule has 0 fully saturated rings. The van der Waals surface area contributed by atoms with E-state index in [1.165, 1.54) is 5.56 Å². The highest BCUT2D eigenvalue weighted by atomic mass is 35.5. The average molecular weight is 443 g/mol. The zero-order chi connectivity index (χ0) is 20.2. The molecule has 148 valence electrons. The second kappa shape index (κ2) is 8.98. The highest BCUT2D eigenvalue weighted by Gasteiger charge is 2.13. The van der Waals surface area contributed by atoms with Crippen molar-refractivity contribution in [1.29, 1.82) is 0 Å². The molecule has 0 amide bonds. The van der Waals surface area contributed by atoms with Gasteiger partial charge in [0.15, 0.2) is 5.16 Å². The van der Waals surface area contributed by atoms with E-state index >= 15 is 0 Å². The van der Waals surface area contributed by atoms with Gasteiger partial charge in [-0.05, 0) is 55.8 Å². The maximum atomic E-state index is 5.90. The number of aromatic nitrogens is 4. The summed E-state index contributed by atoms with van der Waals surface area (Å²) in [4.78, 5) is 4.67. The van der Waals surface area contributed by atoms with E-state index in [1.54, 1.807) is 23.1 Å². The summed E-state index contributed by atoms with van der Waals surface area (Å²) in [6.45, 7) is 4.49. The first-order valence-corrected chi connectivity index (χ1v) is 11.3. The molecule has 2 aromatic heterocycles. The van der Waals surface area contributed by atoms with E-state index in [1.807, 2.05) is 37.3 Å². The SMILES string of the molecule is Cc1cccc(-n2c(C)nnc2SCc2csc(COc3ccc(Cl)cc3)n2)c1. The molecular weight excluding hydrogens is 424 g/mol. The zero-order valence-electron chi connectivity index (χ0n) is 16.0. The van der Waals surface area contributed by atoms with Crippen molar-refractivity contribution >= 4 is 34.7 Å². The lowest BCUT2D eigenvalue weighted by molar-refractivity contribution is 0.305. The fraction of sp³-hybridized carbons (Fsp3) is 0.190. The Morgan fingerprint density at radius 1 is 1.10 bits per heavy atom. The van der Waals surface area contributed by atoms with Gasteiger partial charge in [-0.3, -0.25) is 4.57 Å². The average Bonchev–Trinajstić information content (AvgIpc) is 3.32. The number of benzene rings is 2. The Kier molecular flexibility index (Phi) is 6.18. The predicted molar refractivity (Wildman–Crippen MR) is 118 cm³/mol. The molecule has 0 atom stereocenters. The van der Waals surface area contributed by atoms with Crippen LogP contribution in [0.3, 0.4) is 0 Å². The Morgan fingerprint density at radius 3 is 2.72 bits per heavy atom. The molecule has 0 radical (unpaired) electrons. The molecule has 0 unspecified atom stereocenters. The van der Waals surface area contributed by atoms with Crippen molar-refractivity contribution in [1.82, 2.24) is 19.7 Å². The van der Waals surface area contributed by atoms with Gasteiger partial charge >= 0.3 is 0 Å². The van der Waals surface area contributed by atoms with Crippen molar-refractivity contribution < 1.29 is 4.74 Å². The van der Waals surface area contributed by atoms with Crippen LogP contribution in [-0.2, 0) is 12.4 Å². The smallest absolute Gasteiger partial charge is 0.196 e. The van der Waals surface area contributed by atoms with E-state index in [0.29, 0.717) is 11.6 Å². The number of thiazole rings is 1. The summed E-state index contributed by atoms with van der Waals surface area (Å²) in [7, 11) is 0. The Morgan fingerprint density at radius 2 is 1.93 bits per heavy atom. The summed E-state index contributed by atoms with van der Waals surface area (Å²) in [6, 6.07) is 15.7. The minimum absolute atomic E-state index is 0.440. The van der Waals surface area contributed by atoms with E-state index in [4.69, 9.17) is 16.3 Å².